The van der Waals surface area contributed by atoms with E-state index in [1.54, 1.807) is 6.20 Å². The number of anilines is 1. The highest BCUT2D eigenvalue weighted by Crippen LogP contribution is 2.24. The maximum atomic E-state index is 12.0. The van der Waals surface area contributed by atoms with Gasteiger partial charge in [-0.15, -0.1) is 24.8 Å². The van der Waals surface area contributed by atoms with Crippen LogP contribution in [0.25, 0.3) is 0 Å². The zero-order valence-electron chi connectivity index (χ0n) is 11.0. The van der Waals surface area contributed by atoms with Gasteiger partial charge in [-0.1, -0.05) is 6.42 Å². The highest BCUT2D eigenvalue weighted by atomic mass is 35.5. The number of nitrogens with one attached hydrogen (secondary N) is 1. The van der Waals surface area contributed by atoms with Crippen molar-refractivity contribution < 1.29 is 4.79 Å². The molecule has 1 aliphatic carbocycles. The Morgan fingerprint density at radius 2 is 2.16 bits per heavy atom. The van der Waals surface area contributed by atoms with Gasteiger partial charge in [0.1, 0.15) is 0 Å². The molecule has 1 fully saturated rings. The van der Waals surface area contributed by atoms with E-state index in [4.69, 9.17) is 5.73 Å². The fraction of sp³-hybridized carbons (Fsp3) is 0.538. The number of halogens is 2. The highest BCUT2D eigenvalue weighted by Gasteiger charge is 2.25. The normalized spacial score (nSPS) is 21.8. The molecule has 2 rings (SSSR count). The van der Waals surface area contributed by atoms with Crippen molar-refractivity contribution in [1.82, 2.24) is 4.98 Å². The SMILES string of the molecule is Cc1cc(NC(=O)C2CCCC(N)C2)ccn1.Cl.Cl. The summed E-state index contributed by atoms with van der Waals surface area (Å²) >= 11 is 0. The van der Waals surface area contributed by atoms with Gasteiger partial charge in [-0.05, 0) is 38.3 Å². The lowest BCUT2D eigenvalue weighted by Crippen LogP contribution is -2.34. The number of pyridine rings is 1. The molecule has 1 heterocycles. The third kappa shape index (κ3) is 5.35. The second-order valence-corrected chi connectivity index (χ2v) is 4.80. The summed E-state index contributed by atoms with van der Waals surface area (Å²) in [5.41, 5.74) is 7.62. The van der Waals surface area contributed by atoms with Gasteiger partial charge in [0.25, 0.3) is 0 Å². The van der Waals surface area contributed by atoms with Gasteiger partial charge in [0.05, 0.1) is 0 Å². The molecule has 2 unspecified atom stereocenters. The van der Waals surface area contributed by atoms with E-state index in [-0.39, 0.29) is 42.7 Å². The van der Waals surface area contributed by atoms with Crippen LogP contribution >= 0.6 is 24.8 Å². The largest absolute Gasteiger partial charge is 0.328 e. The minimum Gasteiger partial charge on any atom is -0.328 e. The van der Waals surface area contributed by atoms with Crippen molar-refractivity contribution in [2.45, 2.75) is 38.6 Å². The second-order valence-electron chi connectivity index (χ2n) is 4.80. The minimum absolute atomic E-state index is 0. The van der Waals surface area contributed by atoms with E-state index in [2.05, 4.69) is 10.3 Å². The molecule has 1 aromatic heterocycles. The van der Waals surface area contributed by atoms with Crippen molar-refractivity contribution in [3.8, 4) is 0 Å². The van der Waals surface area contributed by atoms with E-state index in [0.29, 0.717) is 0 Å². The number of nitrogens with two attached hydrogens (primary N) is 1. The number of carbonyl (C=O) groups is 1. The summed E-state index contributed by atoms with van der Waals surface area (Å²) in [6.45, 7) is 1.91. The standard InChI is InChI=1S/C13H19N3O.2ClH/c1-9-7-12(5-6-15-9)16-13(17)10-3-2-4-11(14)8-10;;/h5-7,10-11H,2-4,8,14H2,1H3,(H,15,16,17);2*1H. The lowest BCUT2D eigenvalue weighted by molar-refractivity contribution is -0.120. The Kier molecular flexibility index (Phi) is 7.99. The topological polar surface area (TPSA) is 68.0 Å². The zero-order chi connectivity index (χ0) is 12.3. The number of rotatable bonds is 2. The van der Waals surface area contributed by atoms with Gasteiger partial charge in [-0.3, -0.25) is 9.78 Å². The Bertz CT molecular complexity index is 415. The number of aromatic nitrogens is 1. The highest BCUT2D eigenvalue weighted by molar-refractivity contribution is 5.92. The lowest BCUT2D eigenvalue weighted by atomic mass is 9.85. The number of hydrogen-bond donors (Lipinski definition) is 2. The zero-order valence-corrected chi connectivity index (χ0v) is 12.6. The molecule has 1 amide bonds. The monoisotopic (exact) mass is 305 g/mol. The predicted molar refractivity (Wildman–Crippen MR) is 82.0 cm³/mol. The maximum Gasteiger partial charge on any atom is 0.227 e. The molecule has 108 valence electrons. The van der Waals surface area contributed by atoms with Crippen LogP contribution in [0, 0.1) is 12.8 Å². The Morgan fingerprint density at radius 3 is 2.79 bits per heavy atom. The number of aryl methyl sites for hydroxylation is 1. The Morgan fingerprint density at radius 1 is 1.42 bits per heavy atom. The first-order valence-electron chi connectivity index (χ1n) is 6.14. The van der Waals surface area contributed by atoms with Crippen LogP contribution in [-0.4, -0.2) is 16.9 Å². The first-order chi connectivity index (χ1) is 8.15. The van der Waals surface area contributed by atoms with Crippen LogP contribution in [0.5, 0.6) is 0 Å². The molecular weight excluding hydrogens is 285 g/mol. The predicted octanol–water partition coefficient (Wildman–Crippen LogP) is 2.69. The average molecular weight is 306 g/mol. The molecule has 4 nitrogen and oxygen atoms in total. The van der Waals surface area contributed by atoms with Crippen molar-refractivity contribution in [3.05, 3.63) is 24.0 Å². The molecule has 0 spiro atoms. The Labute approximate surface area is 126 Å². The van der Waals surface area contributed by atoms with Crippen LogP contribution in [0.1, 0.15) is 31.4 Å². The van der Waals surface area contributed by atoms with E-state index in [9.17, 15) is 4.79 Å². The lowest BCUT2D eigenvalue weighted by Gasteiger charge is -2.25. The molecule has 0 radical (unpaired) electrons. The van der Waals surface area contributed by atoms with Gasteiger partial charge in [-0.2, -0.15) is 0 Å². The smallest absolute Gasteiger partial charge is 0.227 e. The molecular formula is C13H21Cl2N3O. The third-order valence-corrected chi connectivity index (χ3v) is 3.25. The summed E-state index contributed by atoms with van der Waals surface area (Å²) < 4.78 is 0. The summed E-state index contributed by atoms with van der Waals surface area (Å²) in [4.78, 5) is 16.1. The van der Waals surface area contributed by atoms with Crippen LogP contribution in [0.15, 0.2) is 18.3 Å². The quantitative estimate of drug-likeness (QED) is 0.882. The third-order valence-electron chi connectivity index (χ3n) is 3.25. The number of carbonyl (C=O) groups excluding carboxylic acids is 1. The van der Waals surface area contributed by atoms with Crippen LogP contribution in [0.4, 0.5) is 5.69 Å². The van der Waals surface area contributed by atoms with E-state index < -0.39 is 0 Å². The molecule has 0 aromatic carbocycles. The van der Waals surface area contributed by atoms with E-state index in [0.717, 1.165) is 37.1 Å². The van der Waals surface area contributed by atoms with Gasteiger partial charge in [0.2, 0.25) is 5.91 Å². The molecule has 2 atom stereocenters. The average Bonchev–Trinajstić information content (AvgIpc) is 2.29. The molecule has 19 heavy (non-hydrogen) atoms. The van der Waals surface area contributed by atoms with Crippen LogP contribution in [0.2, 0.25) is 0 Å². The van der Waals surface area contributed by atoms with Crippen molar-refractivity contribution in [2.24, 2.45) is 11.7 Å². The molecule has 0 saturated heterocycles. The summed E-state index contributed by atoms with van der Waals surface area (Å²) in [7, 11) is 0. The van der Waals surface area contributed by atoms with Gasteiger partial charge in [0.15, 0.2) is 0 Å². The second kappa shape index (κ2) is 8.35. The van der Waals surface area contributed by atoms with Crippen molar-refractivity contribution in [2.75, 3.05) is 5.32 Å². The summed E-state index contributed by atoms with van der Waals surface area (Å²) in [5, 5.41) is 2.94. The summed E-state index contributed by atoms with van der Waals surface area (Å²) in [6, 6.07) is 3.87. The minimum atomic E-state index is 0. The van der Waals surface area contributed by atoms with Crippen molar-refractivity contribution >= 4 is 36.4 Å². The number of nitrogens with zero attached hydrogens (tertiary/aromatic N) is 1. The number of amides is 1. The molecule has 1 saturated carbocycles. The fourth-order valence-electron chi connectivity index (χ4n) is 2.33. The van der Waals surface area contributed by atoms with Crippen LogP contribution in [-0.2, 0) is 4.79 Å². The fourth-order valence-corrected chi connectivity index (χ4v) is 2.33. The molecule has 1 aliphatic rings. The summed E-state index contributed by atoms with van der Waals surface area (Å²) in [5.74, 6) is 0.151. The summed E-state index contributed by atoms with van der Waals surface area (Å²) in [6.07, 6.45) is 5.55. The molecule has 6 heteroatoms. The Hall–Kier alpha value is -0.840. The van der Waals surface area contributed by atoms with Gasteiger partial charge < -0.3 is 11.1 Å². The van der Waals surface area contributed by atoms with Crippen molar-refractivity contribution in [3.63, 3.8) is 0 Å². The van der Waals surface area contributed by atoms with Gasteiger partial charge in [0, 0.05) is 29.5 Å². The van der Waals surface area contributed by atoms with Crippen molar-refractivity contribution in [1.29, 1.82) is 0 Å². The van der Waals surface area contributed by atoms with Crippen LogP contribution < -0.4 is 11.1 Å². The Balaban J connectivity index is 0.00000162. The van der Waals surface area contributed by atoms with E-state index >= 15 is 0 Å². The molecule has 0 aliphatic heterocycles. The van der Waals surface area contributed by atoms with Gasteiger partial charge >= 0.3 is 0 Å². The number of hydrogen-bond acceptors (Lipinski definition) is 3. The molecule has 0 bridgehead atoms. The maximum absolute atomic E-state index is 12.0. The van der Waals surface area contributed by atoms with Gasteiger partial charge in [-0.25, -0.2) is 0 Å². The van der Waals surface area contributed by atoms with Crippen LogP contribution in [0.3, 0.4) is 0 Å². The molecule has 3 N–H and O–H groups in total. The first kappa shape index (κ1) is 18.2. The van der Waals surface area contributed by atoms with E-state index in [1.807, 2.05) is 19.1 Å². The van der Waals surface area contributed by atoms with E-state index in [1.165, 1.54) is 0 Å². The molecule has 1 aromatic rings. The first-order valence-corrected chi connectivity index (χ1v) is 6.14.